The van der Waals surface area contributed by atoms with Crippen LogP contribution in [-0.4, -0.2) is 48.6 Å². The van der Waals surface area contributed by atoms with Crippen molar-refractivity contribution in [2.75, 3.05) is 18.0 Å². The number of pyridine rings is 1. The lowest BCUT2D eigenvalue weighted by Gasteiger charge is -2.33. The summed E-state index contributed by atoms with van der Waals surface area (Å²) in [6.07, 6.45) is 4.90. The van der Waals surface area contributed by atoms with Crippen molar-refractivity contribution in [1.29, 1.82) is 0 Å². The third kappa shape index (κ3) is 2.67. The number of fused-ring (bicyclic) bond motifs is 2. The van der Waals surface area contributed by atoms with Crippen molar-refractivity contribution < 1.29 is 14.0 Å². The number of aromatic nitrogens is 1. The highest BCUT2D eigenvalue weighted by Crippen LogP contribution is 2.36. The summed E-state index contributed by atoms with van der Waals surface area (Å²) in [7, 11) is -0.334. The Morgan fingerprint density at radius 1 is 1.09 bits per heavy atom. The van der Waals surface area contributed by atoms with E-state index in [4.69, 9.17) is 14.0 Å². The Kier molecular flexibility index (Phi) is 3.48. The molecule has 23 heavy (non-hydrogen) atoms. The number of anilines is 1. The maximum absolute atomic E-state index is 6.15. The Balaban J connectivity index is 1.55. The van der Waals surface area contributed by atoms with Crippen molar-refractivity contribution >= 4 is 18.4 Å². The molecule has 0 saturated carbocycles. The van der Waals surface area contributed by atoms with Gasteiger partial charge < -0.3 is 18.9 Å². The van der Waals surface area contributed by atoms with Gasteiger partial charge >= 0.3 is 7.12 Å². The number of hydrogen-bond acceptors (Lipinski definition) is 5. The molecule has 0 radical (unpaired) electrons. The third-order valence-electron chi connectivity index (χ3n) is 5.66. The van der Waals surface area contributed by atoms with Crippen molar-refractivity contribution in [2.45, 2.75) is 63.9 Å². The molecule has 4 heterocycles. The normalized spacial score (nSPS) is 31.7. The molecule has 2 atom stereocenters. The Hall–Kier alpha value is -1.11. The molecule has 2 bridgehead atoms. The summed E-state index contributed by atoms with van der Waals surface area (Å²) in [6.45, 7) is 10.2. The minimum absolute atomic E-state index is 0.320. The van der Waals surface area contributed by atoms with E-state index < -0.39 is 0 Å². The van der Waals surface area contributed by atoms with Gasteiger partial charge in [-0.05, 0) is 58.1 Å². The first-order valence-electron chi connectivity index (χ1n) is 8.56. The smallest absolute Gasteiger partial charge is 0.399 e. The van der Waals surface area contributed by atoms with Crippen LogP contribution in [0.4, 0.5) is 5.82 Å². The summed E-state index contributed by atoms with van der Waals surface area (Å²) in [5.41, 5.74) is 0.394. The monoisotopic (exact) mass is 316 g/mol. The van der Waals surface area contributed by atoms with Crippen LogP contribution >= 0.6 is 0 Å². The molecule has 2 unspecified atom stereocenters. The Morgan fingerprint density at radius 3 is 2.30 bits per heavy atom. The first-order chi connectivity index (χ1) is 10.8. The first kappa shape index (κ1) is 15.4. The van der Waals surface area contributed by atoms with Gasteiger partial charge in [0, 0.05) is 19.3 Å². The van der Waals surface area contributed by atoms with E-state index in [1.54, 1.807) is 0 Å². The molecule has 1 aromatic heterocycles. The molecule has 5 nitrogen and oxygen atoms in total. The zero-order valence-corrected chi connectivity index (χ0v) is 14.4. The van der Waals surface area contributed by atoms with Crippen molar-refractivity contribution in [2.24, 2.45) is 0 Å². The SMILES string of the molecule is CC1(C)OB(c2ccnc(N3CC4CCC(C3)O4)c2)OC1(C)C. The van der Waals surface area contributed by atoms with Crippen LogP contribution in [0.1, 0.15) is 40.5 Å². The Bertz CT molecular complexity index is 579. The van der Waals surface area contributed by atoms with Crippen molar-refractivity contribution in [1.82, 2.24) is 4.98 Å². The van der Waals surface area contributed by atoms with E-state index in [1.165, 1.54) is 0 Å². The van der Waals surface area contributed by atoms with Gasteiger partial charge in [0.2, 0.25) is 0 Å². The second kappa shape index (κ2) is 5.20. The summed E-state index contributed by atoms with van der Waals surface area (Å²) in [5.74, 6) is 0.998. The van der Waals surface area contributed by atoms with Gasteiger partial charge in [0.05, 0.1) is 23.4 Å². The van der Waals surface area contributed by atoms with Gasteiger partial charge in [-0.2, -0.15) is 0 Å². The second-order valence-corrected chi connectivity index (χ2v) is 7.90. The van der Waals surface area contributed by atoms with Gasteiger partial charge in [0.1, 0.15) is 5.82 Å². The van der Waals surface area contributed by atoms with Crippen LogP contribution in [0.3, 0.4) is 0 Å². The summed E-state index contributed by atoms with van der Waals surface area (Å²) in [5, 5.41) is 0. The predicted octanol–water partition coefficient (Wildman–Crippen LogP) is 1.75. The zero-order valence-electron chi connectivity index (χ0n) is 14.4. The molecule has 3 aliphatic rings. The quantitative estimate of drug-likeness (QED) is 0.778. The highest BCUT2D eigenvalue weighted by Gasteiger charge is 2.51. The molecule has 4 rings (SSSR count). The second-order valence-electron chi connectivity index (χ2n) is 7.90. The lowest BCUT2D eigenvalue weighted by atomic mass is 9.79. The van der Waals surface area contributed by atoms with Crippen LogP contribution in [0.2, 0.25) is 0 Å². The van der Waals surface area contributed by atoms with E-state index in [0.717, 1.165) is 37.2 Å². The molecule has 1 aromatic rings. The van der Waals surface area contributed by atoms with Crippen LogP contribution in [-0.2, 0) is 14.0 Å². The topological polar surface area (TPSA) is 43.8 Å². The molecule has 6 heteroatoms. The van der Waals surface area contributed by atoms with Gasteiger partial charge in [0.15, 0.2) is 0 Å². The van der Waals surface area contributed by atoms with E-state index in [2.05, 4.69) is 43.6 Å². The summed E-state index contributed by atoms with van der Waals surface area (Å²) in [6, 6.07) is 4.09. The molecule has 3 aliphatic heterocycles. The van der Waals surface area contributed by atoms with Gasteiger partial charge in [-0.25, -0.2) is 4.98 Å². The minimum Gasteiger partial charge on any atom is -0.399 e. The first-order valence-corrected chi connectivity index (χ1v) is 8.56. The van der Waals surface area contributed by atoms with Crippen molar-refractivity contribution in [3.05, 3.63) is 18.3 Å². The van der Waals surface area contributed by atoms with Gasteiger partial charge in [-0.15, -0.1) is 0 Å². The maximum atomic E-state index is 6.15. The Morgan fingerprint density at radius 2 is 1.70 bits per heavy atom. The van der Waals surface area contributed by atoms with E-state index in [0.29, 0.717) is 12.2 Å². The number of morpholine rings is 1. The van der Waals surface area contributed by atoms with Crippen LogP contribution < -0.4 is 10.4 Å². The summed E-state index contributed by atoms with van der Waals surface area (Å²) < 4.78 is 18.2. The lowest BCUT2D eigenvalue weighted by Crippen LogP contribution is -2.44. The molecule has 0 aliphatic carbocycles. The van der Waals surface area contributed by atoms with E-state index >= 15 is 0 Å². The number of rotatable bonds is 2. The van der Waals surface area contributed by atoms with Crippen LogP contribution in [0.15, 0.2) is 18.3 Å². The van der Waals surface area contributed by atoms with E-state index in [9.17, 15) is 0 Å². The maximum Gasteiger partial charge on any atom is 0.495 e. The van der Waals surface area contributed by atoms with Gasteiger partial charge in [-0.1, -0.05) is 0 Å². The number of hydrogen-bond donors (Lipinski definition) is 0. The fourth-order valence-corrected chi connectivity index (χ4v) is 3.53. The molecular weight excluding hydrogens is 291 g/mol. The Labute approximate surface area is 138 Å². The summed E-state index contributed by atoms with van der Waals surface area (Å²) in [4.78, 5) is 6.90. The molecule has 0 amide bonds. The van der Waals surface area contributed by atoms with E-state index in [-0.39, 0.29) is 18.3 Å². The fourth-order valence-electron chi connectivity index (χ4n) is 3.53. The number of nitrogens with zero attached hydrogens (tertiary/aromatic N) is 2. The van der Waals surface area contributed by atoms with Crippen molar-refractivity contribution in [3.8, 4) is 0 Å². The third-order valence-corrected chi connectivity index (χ3v) is 5.66. The lowest BCUT2D eigenvalue weighted by molar-refractivity contribution is 0.00578. The molecular formula is C17H25BN2O3. The summed E-state index contributed by atoms with van der Waals surface area (Å²) >= 11 is 0. The minimum atomic E-state index is -0.334. The highest BCUT2D eigenvalue weighted by atomic mass is 16.7. The van der Waals surface area contributed by atoms with Crippen molar-refractivity contribution in [3.63, 3.8) is 0 Å². The average Bonchev–Trinajstić information content (AvgIpc) is 2.94. The number of ether oxygens (including phenoxy) is 1. The van der Waals surface area contributed by atoms with Crippen LogP contribution in [0, 0.1) is 0 Å². The standard InChI is InChI=1S/C17H25BN2O3/c1-16(2)17(3,4)23-18(22-16)12-7-8-19-15(9-12)20-10-13-5-6-14(11-20)21-13/h7-9,13-14H,5-6,10-11H2,1-4H3. The highest BCUT2D eigenvalue weighted by molar-refractivity contribution is 6.62. The average molecular weight is 316 g/mol. The van der Waals surface area contributed by atoms with Gasteiger partial charge in [0.25, 0.3) is 0 Å². The van der Waals surface area contributed by atoms with Crippen LogP contribution in [0.25, 0.3) is 0 Å². The molecule has 3 saturated heterocycles. The van der Waals surface area contributed by atoms with E-state index in [1.807, 2.05) is 12.3 Å². The van der Waals surface area contributed by atoms with Crippen LogP contribution in [0.5, 0.6) is 0 Å². The van der Waals surface area contributed by atoms with Gasteiger partial charge in [-0.3, -0.25) is 0 Å². The fraction of sp³-hybridized carbons (Fsp3) is 0.706. The predicted molar refractivity (Wildman–Crippen MR) is 90.1 cm³/mol. The molecule has 124 valence electrons. The molecule has 0 spiro atoms. The zero-order chi connectivity index (χ0) is 16.2. The molecule has 3 fully saturated rings. The largest absolute Gasteiger partial charge is 0.495 e. The molecule has 0 N–H and O–H groups in total. The molecule has 0 aromatic carbocycles.